The molecule has 0 bridgehead atoms. The van der Waals surface area contributed by atoms with Crippen molar-refractivity contribution in [3.8, 4) is 17.6 Å². The van der Waals surface area contributed by atoms with Gasteiger partial charge in [0, 0.05) is 6.42 Å². The summed E-state index contributed by atoms with van der Waals surface area (Å²) in [4.78, 5) is 11.8. The van der Waals surface area contributed by atoms with Gasteiger partial charge in [-0.3, -0.25) is 4.79 Å². The molecule has 0 amide bonds. The number of benzene rings is 2. The Morgan fingerprint density at radius 3 is 2.23 bits per heavy atom. The lowest BCUT2D eigenvalue weighted by atomic mass is 10.1. The van der Waals surface area contributed by atoms with Gasteiger partial charge in [0.15, 0.2) is 0 Å². The summed E-state index contributed by atoms with van der Waals surface area (Å²) in [5.41, 5.74) is 1.87. The van der Waals surface area contributed by atoms with Gasteiger partial charge in [0.25, 0.3) is 0 Å². The quantitative estimate of drug-likeness (QED) is 0.341. The number of rotatable bonds is 10. The maximum Gasteiger partial charge on any atom is 0.311 e. The van der Waals surface area contributed by atoms with Crippen LogP contribution in [0.15, 0.2) is 48.5 Å². The Labute approximate surface area is 155 Å². The second-order valence-corrected chi connectivity index (χ2v) is 6.10. The highest BCUT2D eigenvalue weighted by Gasteiger charge is 2.05. The third-order valence-corrected chi connectivity index (χ3v) is 4.05. The van der Waals surface area contributed by atoms with Crippen molar-refractivity contribution >= 4 is 5.97 Å². The molecule has 2 aromatic carbocycles. The zero-order valence-electron chi connectivity index (χ0n) is 15.2. The van der Waals surface area contributed by atoms with E-state index >= 15 is 0 Å². The second kappa shape index (κ2) is 10.9. The molecule has 4 nitrogen and oxygen atoms in total. The van der Waals surface area contributed by atoms with Crippen LogP contribution in [0.5, 0.6) is 11.5 Å². The molecule has 26 heavy (non-hydrogen) atoms. The average molecular weight is 351 g/mol. The van der Waals surface area contributed by atoms with Crippen molar-refractivity contribution in [1.29, 1.82) is 5.26 Å². The first kappa shape index (κ1) is 19.5. The predicted molar refractivity (Wildman–Crippen MR) is 101 cm³/mol. The molecule has 0 aliphatic carbocycles. The third-order valence-electron chi connectivity index (χ3n) is 4.05. The molecule has 0 aliphatic rings. The number of hydrogen-bond acceptors (Lipinski definition) is 4. The van der Waals surface area contributed by atoms with E-state index in [1.165, 1.54) is 5.56 Å². The summed E-state index contributed by atoms with van der Waals surface area (Å²) in [6.07, 6.45) is 5.51. The Morgan fingerprint density at radius 2 is 1.58 bits per heavy atom. The van der Waals surface area contributed by atoms with E-state index in [4.69, 9.17) is 14.7 Å². The lowest BCUT2D eigenvalue weighted by molar-refractivity contribution is -0.134. The fourth-order valence-electron chi connectivity index (χ4n) is 2.65. The Hall–Kier alpha value is -2.80. The summed E-state index contributed by atoms with van der Waals surface area (Å²) < 4.78 is 10.7. The van der Waals surface area contributed by atoms with Crippen molar-refractivity contribution in [2.75, 3.05) is 6.61 Å². The predicted octanol–water partition coefficient (Wildman–Crippen LogP) is 5.06. The molecule has 0 saturated heterocycles. The molecule has 0 aromatic heterocycles. The number of nitriles is 1. The number of hydrogen-bond donors (Lipinski definition) is 0. The maximum absolute atomic E-state index is 11.8. The van der Waals surface area contributed by atoms with Crippen molar-refractivity contribution < 1.29 is 14.3 Å². The molecular weight excluding hydrogens is 326 g/mol. The lowest BCUT2D eigenvalue weighted by Gasteiger charge is -2.06. The van der Waals surface area contributed by atoms with Crippen LogP contribution < -0.4 is 9.47 Å². The highest BCUT2D eigenvalue weighted by atomic mass is 16.5. The maximum atomic E-state index is 11.8. The van der Waals surface area contributed by atoms with E-state index in [-0.39, 0.29) is 5.97 Å². The van der Waals surface area contributed by atoms with Crippen LogP contribution in [-0.4, -0.2) is 12.6 Å². The van der Waals surface area contributed by atoms with Gasteiger partial charge in [-0.1, -0.05) is 25.0 Å². The average Bonchev–Trinajstić information content (AvgIpc) is 2.66. The minimum absolute atomic E-state index is 0.221. The van der Waals surface area contributed by atoms with Gasteiger partial charge in [0.1, 0.15) is 11.5 Å². The first-order chi connectivity index (χ1) is 12.7. The molecule has 0 saturated carbocycles. The van der Waals surface area contributed by atoms with Crippen molar-refractivity contribution in [2.24, 2.45) is 0 Å². The summed E-state index contributed by atoms with van der Waals surface area (Å²) >= 11 is 0. The number of nitrogens with zero attached hydrogens (tertiary/aromatic N) is 1. The number of esters is 1. The topological polar surface area (TPSA) is 59.3 Å². The number of aryl methyl sites for hydroxylation is 1. The molecule has 0 N–H and O–H groups in total. The Kier molecular flexibility index (Phi) is 8.21. The minimum Gasteiger partial charge on any atom is -0.494 e. The van der Waals surface area contributed by atoms with Gasteiger partial charge in [-0.2, -0.15) is 5.26 Å². The molecule has 0 atom stereocenters. The minimum atomic E-state index is -0.221. The summed E-state index contributed by atoms with van der Waals surface area (Å²) in [5.74, 6) is 1.18. The monoisotopic (exact) mass is 351 g/mol. The largest absolute Gasteiger partial charge is 0.494 e. The highest BCUT2D eigenvalue weighted by Crippen LogP contribution is 2.16. The molecule has 0 heterocycles. The van der Waals surface area contributed by atoms with Crippen molar-refractivity contribution in [2.45, 2.75) is 45.4 Å². The number of unbranched alkanes of at least 4 members (excludes halogenated alkanes) is 3. The van der Waals surface area contributed by atoms with Crippen LogP contribution in [0.25, 0.3) is 0 Å². The van der Waals surface area contributed by atoms with Crippen molar-refractivity contribution in [3.05, 3.63) is 59.7 Å². The first-order valence-electron chi connectivity index (χ1n) is 9.14. The van der Waals surface area contributed by atoms with Crippen LogP contribution >= 0.6 is 0 Å². The van der Waals surface area contributed by atoms with Gasteiger partial charge in [0.2, 0.25) is 0 Å². The molecule has 0 spiro atoms. The van der Waals surface area contributed by atoms with Gasteiger partial charge in [-0.15, -0.1) is 0 Å². The summed E-state index contributed by atoms with van der Waals surface area (Å²) in [7, 11) is 0. The molecular formula is C22H25NO3. The normalized spacial score (nSPS) is 10.2. The van der Waals surface area contributed by atoms with E-state index in [9.17, 15) is 4.79 Å². The summed E-state index contributed by atoms with van der Waals surface area (Å²) in [6, 6.07) is 16.9. The van der Waals surface area contributed by atoms with Crippen LogP contribution in [0.1, 0.15) is 50.2 Å². The molecule has 4 heteroatoms. The molecule has 2 aromatic rings. The molecule has 136 valence electrons. The van der Waals surface area contributed by atoms with E-state index in [1.807, 2.05) is 25.1 Å². The van der Waals surface area contributed by atoms with E-state index in [1.54, 1.807) is 24.3 Å². The van der Waals surface area contributed by atoms with E-state index in [0.717, 1.165) is 37.9 Å². The van der Waals surface area contributed by atoms with E-state index in [0.29, 0.717) is 24.3 Å². The first-order valence-corrected chi connectivity index (χ1v) is 9.14. The number of carbonyl (C=O) groups excluding carboxylic acids is 1. The van der Waals surface area contributed by atoms with E-state index < -0.39 is 0 Å². The zero-order chi connectivity index (χ0) is 18.6. The molecule has 0 aliphatic heterocycles. The van der Waals surface area contributed by atoms with Crippen LogP contribution in [0.4, 0.5) is 0 Å². The summed E-state index contributed by atoms with van der Waals surface area (Å²) in [6.45, 7) is 2.67. The Bertz CT molecular complexity index is 715. The van der Waals surface area contributed by atoms with Crippen LogP contribution in [0, 0.1) is 11.3 Å². The SMILES string of the molecule is CCOc1ccc(CCCCCCC(=O)Oc2ccc(C#N)cc2)cc1. The van der Waals surface area contributed by atoms with Crippen LogP contribution in [0.2, 0.25) is 0 Å². The standard InChI is InChI=1S/C22H25NO3/c1-2-25-20-13-9-18(10-14-20)7-5-3-4-6-8-22(24)26-21-15-11-19(17-23)12-16-21/h9-16H,2-8H2,1H3. The van der Waals surface area contributed by atoms with Gasteiger partial charge >= 0.3 is 5.97 Å². The van der Waals surface area contributed by atoms with Gasteiger partial charge < -0.3 is 9.47 Å². The lowest BCUT2D eigenvalue weighted by Crippen LogP contribution is -2.07. The fraction of sp³-hybridized carbons (Fsp3) is 0.364. The van der Waals surface area contributed by atoms with Gasteiger partial charge in [0.05, 0.1) is 18.2 Å². The number of carbonyl (C=O) groups is 1. The summed E-state index contributed by atoms with van der Waals surface area (Å²) in [5, 5.41) is 8.74. The highest BCUT2D eigenvalue weighted by molar-refractivity contribution is 5.72. The van der Waals surface area contributed by atoms with Crippen LogP contribution in [-0.2, 0) is 11.2 Å². The van der Waals surface area contributed by atoms with Crippen molar-refractivity contribution in [1.82, 2.24) is 0 Å². The van der Waals surface area contributed by atoms with Gasteiger partial charge in [-0.25, -0.2) is 0 Å². The molecule has 0 radical (unpaired) electrons. The van der Waals surface area contributed by atoms with Crippen molar-refractivity contribution in [3.63, 3.8) is 0 Å². The fourth-order valence-corrected chi connectivity index (χ4v) is 2.65. The molecule has 0 fully saturated rings. The van der Waals surface area contributed by atoms with Gasteiger partial charge in [-0.05, 0) is 68.1 Å². The van der Waals surface area contributed by atoms with Crippen LogP contribution in [0.3, 0.4) is 0 Å². The Balaban J connectivity index is 1.56. The van der Waals surface area contributed by atoms with E-state index in [2.05, 4.69) is 12.1 Å². The smallest absolute Gasteiger partial charge is 0.311 e. The Morgan fingerprint density at radius 1 is 0.923 bits per heavy atom. The molecule has 2 rings (SSSR count). The second-order valence-electron chi connectivity index (χ2n) is 6.10. The number of ether oxygens (including phenoxy) is 2. The zero-order valence-corrected chi connectivity index (χ0v) is 15.2. The third kappa shape index (κ3) is 6.98. The molecule has 0 unspecified atom stereocenters.